The van der Waals surface area contributed by atoms with E-state index < -0.39 is 0 Å². The second-order valence-electron chi connectivity index (χ2n) is 6.75. The highest BCUT2D eigenvalue weighted by atomic mass is 32.1. The van der Waals surface area contributed by atoms with E-state index in [1.165, 1.54) is 18.0 Å². The van der Waals surface area contributed by atoms with E-state index >= 15 is 0 Å². The summed E-state index contributed by atoms with van der Waals surface area (Å²) < 4.78 is 4.28. The molecule has 7 heteroatoms. The highest BCUT2D eigenvalue weighted by Gasteiger charge is 2.52. The van der Waals surface area contributed by atoms with Crippen LogP contribution in [-0.4, -0.2) is 33.1 Å². The van der Waals surface area contributed by atoms with Gasteiger partial charge in [-0.25, -0.2) is 9.78 Å². The van der Waals surface area contributed by atoms with Crippen LogP contribution in [0.2, 0.25) is 0 Å². The Hall–Kier alpha value is -1.21. The zero-order valence-electron chi connectivity index (χ0n) is 11.8. The number of aliphatic hydroxyl groups excluding tert-OH is 1. The minimum absolute atomic E-state index is 0.0806. The molecule has 3 aliphatic rings. The topological polar surface area (TPSA) is 87.1 Å². The molecule has 6 nitrogen and oxygen atoms in total. The molecule has 0 aromatic carbocycles. The number of amides is 2. The summed E-state index contributed by atoms with van der Waals surface area (Å²) in [5, 5.41) is 16.1. The number of urea groups is 1. The first-order valence-electron chi connectivity index (χ1n) is 7.70. The Morgan fingerprint density at radius 1 is 1.43 bits per heavy atom. The van der Waals surface area contributed by atoms with Gasteiger partial charge < -0.3 is 10.4 Å². The first-order chi connectivity index (χ1) is 10.2. The smallest absolute Gasteiger partial charge is 0.321 e. The molecule has 4 rings (SSSR count). The van der Waals surface area contributed by atoms with Crippen molar-refractivity contribution in [3.8, 4) is 0 Å². The van der Waals surface area contributed by atoms with Gasteiger partial charge in [0.05, 0.1) is 6.61 Å². The van der Waals surface area contributed by atoms with Gasteiger partial charge in [-0.2, -0.15) is 4.37 Å². The maximum atomic E-state index is 12.1. The summed E-state index contributed by atoms with van der Waals surface area (Å²) in [6.45, 7) is 0.166. The van der Waals surface area contributed by atoms with E-state index in [1.54, 1.807) is 0 Å². The second kappa shape index (κ2) is 4.91. The SMILES string of the molecule is O=C(Nc1nc(C2CC2)ns1)N[C@H]1C[C@H]2CC[C@]1(CO)C2. The molecule has 3 N–H and O–H groups in total. The molecule has 1 aromatic heterocycles. The van der Waals surface area contributed by atoms with Crippen LogP contribution in [0, 0.1) is 11.3 Å². The van der Waals surface area contributed by atoms with Crippen molar-refractivity contribution < 1.29 is 9.90 Å². The number of aromatic nitrogens is 2. The minimum atomic E-state index is -0.223. The lowest BCUT2D eigenvalue weighted by Crippen LogP contribution is -2.48. The van der Waals surface area contributed by atoms with Crippen LogP contribution in [0.3, 0.4) is 0 Å². The van der Waals surface area contributed by atoms with E-state index in [9.17, 15) is 9.90 Å². The number of carbonyl (C=O) groups excluding carboxylic acids is 1. The standard InChI is InChI=1S/C14H20N4O2S/c19-7-14-4-3-8(6-14)5-10(14)15-12(20)17-13-16-11(18-21-13)9-1-2-9/h8-10,19H,1-7H2,(H2,15,16,17,18,20)/t8-,10+,14-/m1/s1. The normalized spacial score (nSPS) is 34.1. The Labute approximate surface area is 127 Å². The molecule has 1 heterocycles. The van der Waals surface area contributed by atoms with Crippen molar-refractivity contribution in [2.24, 2.45) is 11.3 Å². The molecule has 0 radical (unpaired) electrons. The summed E-state index contributed by atoms with van der Waals surface area (Å²) in [7, 11) is 0. The van der Waals surface area contributed by atoms with Gasteiger partial charge in [0, 0.05) is 28.9 Å². The molecule has 3 atom stereocenters. The largest absolute Gasteiger partial charge is 0.396 e. The van der Waals surface area contributed by atoms with E-state index in [4.69, 9.17) is 0 Å². The lowest BCUT2D eigenvalue weighted by molar-refractivity contribution is 0.104. The van der Waals surface area contributed by atoms with Crippen molar-refractivity contribution in [2.75, 3.05) is 11.9 Å². The van der Waals surface area contributed by atoms with Crippen LogP contribution in [0.1, 0.15) is 50.3 Å². The number of nitrogens with zero attached hydrogens (tertiary/aromatic N) is 2. The van der Waals surface area contributed by atoms with Gasteiger partial charge in [0.15, 0.2) is 0 Å². The van der Waals surface area contributed by atoms with Crippen LogP contribution in [0.5, 0.6) is 0 Å². The number of rotatable bonds is 4. The molecular weight excluding hydrogens is 288 g/mol. The molecular formula is C14H20N4O2S. The quantitative estimate of drug-likeness (QED) is 0.795. The maximum Gasteiger partial charge on any atom is 0.321 e. The van der Waals surface area contributed by atoms with E-state index in [2.05, 4.69) is 20.0 Å². The van der Waals surface area contributed by atoms with Gasteiger partial charge in [0.25, 0.3) is 0 Å². The van der Waals surface area contributed by atoms with Gasteiger partial charge in [-0.05, 0) is 44.4 Å². The molecule has 3 saturated carbocycles. The van der Waals surface area contributed by atoms with Crippen LogP contribution in [-0.2, 0) is 0 Å². The highest BCUT2D eigenvalue weighted by Crippen LogP contribution is 2.53. The summed E-state index contributed by atoms with van der Waals surface area (Å²) in [4.78, 5) is 16.5. The summed E-state index contributed by atoms with van der Waals surface area (Å²) in [5.41, 5.74) is -0.0949. The van der Waals surface area contributed by atoms with Gasteiger partial charge >= 0.3 is 6.03 Å². The van der Waals surface area contributed by atoms with Gasteiger partial charge in [-0.3, -0.25) is 5.32 Å². The molecule has 2 bridgehead atoms. The number of aliphatic hydroxyl groups is 1. The van der Waals surface area contributed by atoms with Crippen LogP contribution in [0.25, 0.3) is 0 Å². The average Bonchev–Trinajstić information content (AvgIpc) is 2.95. The molecule has 21 heavy (non-hydrogen) atoms. The van der Waals surface area contributed by atoms with Crippen molar-refractivity contribution in [2.45, 2.75) is 50.5 Å². The van der Waals surface area contributed by atoms with Crippen LogP contribution in [0.15, 0.2) is 0 Å². The van der Waals surface area contributed by atoms with E-state index in [0.717, 1.165) is 37.9 Å². The molecule has 0 spiro atoms. The third-order valence-electron chi connectivity index (χ3n) is 5.28. The fraction of sp³-hybridized carbons (Fsp3) is 0.786. The van der Waals surface area contributed by atoms with Crippen molar-refractivity contribution in [1.82, 2.24) is 14.7 Å². The van der Waals surface area contributed by atoms with E-state index in [-0.39, 0.29) is 24.1 Å². The Balaban J connectivity index is 1.37. The van der Waals surface area contributed by atoms with Crippen molar-refractivity contribution >= 4 is 22.7 Å². The fourth-order valence-corrected chi connectivity index (χ4v) is 4.56. The van der Waals surface area contributed by atoms with Crippen molar-refractivity contribution in [3.63, 3.8) is 0 Å². The average molecular weight is 308 g/mol. The summed E-state index contributed by atoms with van der Waals surface area (Å²) in [5.74, 6) is 2.02. The maximum absolute atomic E-state index is 12.1. The second-order valence-corrected chi connectivity index (χ2v) is 7.50. The van der Waals surface area contributed by atoms with Crippen LogP contribution < -0.4 is 10.6 Å². The Kier molecular flexibility index (Phi) is 3.15. The zero-order valence-corrected chi connectivity index (χ0v) is 12.7. The number of hydrogen-bond donors (Lipinski definition) is 3. The van der Waals surface area contributed by atoms with Crippen LogP contribution >= 0.6 is 11.5 Å². The molecule has 2 amide bonds. The van der Waals surface area contributed by atoms with Crippen LogP contribution in [0.4, 0.5) is 9.93 Å². The van der Waals surface area contributed by atoms with Gasteiger partial charge in [0.2, 0.25) is 5.13 Å². The number of hydrogen-bond acceptors (Lipinski definition) is 5. The zero-order chi connectivity index (χ0) is 14.4. The summed E-state index contributed by atoms with van der Waals surface area (Å²) in [6.07, 6.45) is 6.54. The number of anilines is 1. The first-order valence-corrected chi connectivity index (χ1v) is 8.48. The summed E-state index contributed by atoms with van der Waals surface area (Å²) in [6, 6.07) is -0.143. The predicted octanol–water partition coefficient (Wildman–Crippen LogP) is 2.09. The molecule has 0 saturated heterocycles. The predicted molar refractivity (Wildman–Crippen MR) is 79.3 cm³/mol. The number of carbonyl (C=O) groups is 1. The monoisotopic (exact) mass is 308 g/mol. The van der Waals surface area contributed by atoms with Gasteiger partial charge in [-0.15, -0.1) is 0 Å². The third-order valence-corrected chi connectivity index (χ3v) is 5.92. The summed E-state index contributed by atoms with van der Waals surface area (Å²) >= 11 is 1.24. The van der Waals surface area contributed by atoms with Crippen molar-refractivity contribution in [3.05, 3.63) is 5.82 Å². The van der Waals surface area contributed by atoms with Gasteiger partial charge in [-0.1, -0.05) is 0 Å². The van der Waals surface area contributed by atoms with Gasteiger partial charge in [0.1, 0.15) is 5.82 Å². The third kappa shape index (κ3) is 2.42. The molecule has 0 unspecified atom stereocenters. The molecule has 3 aliphatic carbocycles. The Morgan fingerprint density at radius 3 is 3.00 bits per heavy atom. The minimum Gasteiger partial charge on any atom is -0.396 e. The van der Waals surface area contributed by atoms with Crippen molar-refractivity contribution in [1.29, 1.82) is 0 Å². The lowest BCUT2D eigenvalue weighted by atomic mass is 9.80. The Bertz CT molecular complexity index is 559. The van der Waals surface area contributed by atoms with E-state index in [0.29, 0.717) is 17.0 Å². The fourth-order valence-electron chi connectivity index (χ4n) is 3.92. The Morgan fingerprint density at radius 2 is 2.29 bits per heavy atom. The molecule has 0 aliphatic heterocycles. The molecule has 3 fully saturated rings. The molecule has 114 valence electrons. The highest BCUT2D eigenvalue weighted by molar-refractivity contribution is 7.09. The lowest BCUT2D eigenvalue weighted by Gasteiger charge is -2.33. The first kappa shape index (κ1) is 13.5. The number of fused-ring (bicyclic) bond motifs is 2. The molecule has 1 aromatic rings. The number of nitrogens with one attached hydrogen (secondary N) is 2. The van der Waals surface area contributed by atoms with E-state index in [1.807, 2.05) is 0 Å².